The van der Waals surface area contributed by atoms with Crippen LogP contribution < -0.4 is 10.3 Å². The number of pyridine rings is 2. The minimum Gasteiger partial charge on any atom is -0.487 e. The highest BCUT2D eigenvalue weighted by Gasteiger charge is 2.22. The van der Waals surface area contributed by atoms with Gasteiger partial charge in [0.2, 0.25) is 0 Å². The Bertz CT molecular complexity index is 1510. The highest BCUT2D eigenvalue weighted by atomic mass is 35.5. The fourth-order valence-corrected chi connectivity index (χ4v) is 4.12. The van der Waals surface area contributed by atoms with Crippen molar-refractivity contribution in [3.05, 3.63) is 97.9 Å². The zero-order valence-electron chi connectivity index (χ0n) is 21.3. The lowest BCUT2D eigenvalue weighted by Crippen LogP contribution is -2.23. The molecule has 0 amide bonds. The van der Waals surface area contributed by atoms with Crippen molar-refractivity contribution >= 4 is 11.6 Å². The number of aliphatic hydroxyl groups is 1. The lowest BCUT2D eigenvalue weighted by Gasteiger charge is -2.18. The van der Waals surface area contributed by atoms with Gasteiger partial charge in [0.25, 0.3) is 5.56 Å². The van der Waals surface area contributed by atoms with Crippen molar-refractivity contribution in [2.75, 3.05) is 0 Å². The van der Waals surface area contributed by atoms with Gasteiger partial charge >= 0.3 is 0 Å². The summed E-state index contributed by atoms with van der Waals surface area (Å²) in [5.41, 5.74) is 4.58. The molecule has 1 aromatic carbocycles. The van der Waals surface area contributed by atoms with E-state index in [0.29, 0.717) is 40.9 Å². The standard InChI is InChI=1S/C28H29ClN4O3/c1-16-8-7-9-20(10-16)15-36-23-11-19(4)33(26(34)24(23)29)22-12-21(30-13-17(22)2)25-18(3)14-31-27(32-25)28(5,6)35/h7-14,35H,15H2,1-6H3. The predicted molar refractivity (Wildman–Crippen MR) is 141 cm³/mol. The van der Waals surface area contributed by atoms with Crippen LogP contribution in [-0.2, 0) is 12.2 Å². The van der Waals surface area contributed by atoms with E-state index in [-0.39, 0.29) is 10.6 Å². The molecule has 36 heavy (non-hydrogen) atoms. The summed E-state index contributed by atoms with van der Waals surface area (Å²) < 4.78 is 7.47. The Morgan fingerprint density at radius 2 is 1.75 bits per heavy atom. The van der Waals surface area contributed by atoms with E-state index in [0.717, 1.165) is 22.3 Å². The molecule has 4 aromatic rings. The van der Waals surface area contributed by atoms with E-state index in [4.69, 9.17) is 16.3 Å². The average molecular weight is 505 g/mol. The monoisotopic (exact) mass is 504 g/mol. The highest BCUT2D eigenvalue weighted by molar-refractivity contribution is 6.31. The van der Waals surface area contributed by atoms with E-state index in [1.165, 1.54) is 0 Å². The lowest BCUT2D eigenvalue weighted by atomic mass is 10.1. The maximum absolute atomic E-state index is 13.4. The molecule has 0 aliphatic rings. The van der Waals surface area contributed by atoms with Crippen LogP contribution in [0.1, 0.15) is 47.6 Å². The summed E-state index contributed by atoms with van der Waals surface area (Å²) in [6.45, 7) is 11.2. The molecule has 0 fully saturated rings. The number of rotatable bonds is 6. The normalized spacial score (nSPS) is 11.6. The molecular formula is C28H29ClN4O3. The zero-order valence-corrected chi connectivity index (χ0v) is 22.0. The molecule has 0 bridgehead atoms. The molecule has 4 rings (SSSR count). The molecule has 0 spiro atoms. The number of halogens is 1. The van der Waals surface area contributed by atoms with Gasteiger partial charge in [0, 0.05) is 24.2 Å². The van der Waals surface area contributed by atoms with Gasteiger partial charge in [-0.25, -0.2) is 9.97 Å². The first-order chi connectivity index (χ1) is 17.0. The van der Waals surface area contributed by atoms with Gasteiger partial charge < -0.3 is 9.84 Å². The van der Waals surface area contributed by atoms with Crippen LogP contribution in [0.2, 0.25) is 5.02 Å². The van der Waals surface area contributed by atoms with Gasteiger partial charge in [0.1, 0.15) is 23.0 Å². The van der Waals surface area contributed by atoms with Gasteiger partial charge in [-0.2, -0.15) is 0 Å². The number of hydrogen-bond acceptors (Lipinski definition) is 6. The Balaban J connectivity index is 1.75. The van der Waals surface area contributed by atoms with Crippen molar-refractivity contribution in [1.82, 2.24) is 19.5 Å². The largest absolute Gasteiger partial charge is 0.487 e. The van der Waals surface area contributed by atoms with Gasteiger partial charge in [0.05, 0.1) is 17.1 Å². The molecule has 1 N–H and O–H groups in total. The van der Waals surface area contributed by atoms with Gasteiger partial charge in [0.15, 0.2) is 5.82 Å². The number of benzene rings is 1. The van der Waals surface area contributed by atoms with Crippen LogP contribution in [-0.4, -0.2) is 24.6 Å². The lowest BCUT2D eigenvalue weighted by molar-refractivity contribution is 0.0688. The molecule has 3 heterocycles. The molecule has 0 aliphatic carbocycles. The van der Waals surface area contributed by atoms with Gasteiger partial charge in [-0.05, 0) is 64.3 Å². The van der Waals surface area contributed by atoms with Crippen LogP contribution in [0.4, 0.5) is 0 Å². The SMILES string of the molecule is Cc1cccc(COc2cc(C)n(-c3cc(-c4nc(C(C)(C)O)ncc4C)ncc3C)c(=O)c2Cl)c1. The minimum atomic E-state index is -1.20. The first kappa shape index (κ1) is 25.5. The molecule has 7 nitrogen and oxygen atoms in total. The van der Waals surface area contributed by atoms with Crippen LogP contribution in [0.5, 0.6) is 5.75 Å². The van der Waals surface area contributed by atoms with Crippen LogP contribution in [0.25, 0.3) is 17.1 Å². The third-order valence-corrected chi connectivity index (χ3v) is 6.20. The third-order valence-electron chi connectivity index (χ3n) is 5.85. The first-order valence-corrected chi connectivity index (χ1v) is 12.0. The first-order valence-electron chi connectivity index (χ1n) is 11.6. The Kier molecular flexibility index (Phi) is 6.98. The van der Waals surface area contributed by atoms with Crippen LogP contribution in [0.3, 0.4) is 0 Å². The van der Waals surface area contributed by atoms with Crippen LogP contribution >= 0.6 is 11.6 Å². The van der Waals surface area contributed by atoms with Crippen molar-refractivity contribution < 1.29 is 9.84 Å². The topological polar surface area (TPSA) is 90.1 Å². The zero-order chi connectivity index (χ0) is 26.2. The molecule has 8 heteroatoms. The fraction of sp³-hybridized carbons (Fsp3) is 0.286. The second-order valence-corrected chi connectivity index (χ2v) is 9.90. The fourth-order valence-electron chi connectivity index (χ4n) is 3.93. The molecule has 0 unspecified atom stereocenters. The van der Waals surface area contributed by atoms with Crippen molar-refractivity contribution in [2.45, 2.75) is 53.8 Å². The predicted octanol–water partition coefficient (Wildman–Crippen LogP) is 5.38. The second-order valence-electron chi connectivity index (χ2n) is 9.52. The van der Waals surface area contributed by atoms with Gasteiger partial charge in [-0.1, -0.05) is 41.4 Å². The Labute approximate surface area is 215 Å². The molecule has 3 aromatic heterocycles. The summed E-state index contributed by atoms with van der Waals surface area (Å²) in [7, 11) is 0. The summed E-state index contributed by atoms with van der Waals surface area (Å²) in [6, 6.07) is 11.5. The van der Waals surface area contributed by atoms with E-state index in [9.17, 15) is 9.90 Å². The van der Waals surface area contributed by atoms with Gasteiger partial charge in [-0.15, -0.1) is 0 Å². The second kappa shape index (κ2) is 9.84. The van der Waals surface area contributed by atoms with E-state index >= 15 is 0 Å². The molecule has 0 radical (unpaired) electrons. The third kappa shape index (κ3) is 5.17. The maximum Gasteiger partial charge on any atom is 0.277 e. The maximum atomic E-state index is 13.4. The molecule has 0 saturated heterocycles. The summed E-state index contributed by atoms with van der Waals surface area (Å²) in [5.74, 6) is 0.629. The molecule has 0 aliphatic heterocycles. The summed E-state index contributed by atoms with van der Waals surface area (Å²) >= 11 is 6.50. The van der Waals surface area contributed by atoms with Crippen molar-refractivity contribution in [2.24, 2.45) is 0 Å². The van der Waals surface area contributed by atoms with Crippen LogP contribution in [0, 0.1) is 27.7 Å². The van der Waals surface area contributed by atoms with E-state index in [2.05, 4.69) is 15.0 Å². The van der Waals surface area contributed by atoms with Crippen molar-refractivity contribution in [3.63, 3.8) is 0 Å². The molecule has 186 valence electrons. The summed E-state index contributed by atoms with van der Waals surface area (Å²) in [4.78, 5) is 26.8. The summed E-state index contributed by atoms with van der Waals surface area (Å²) in [6.07, 6.45) is 3.35. The van der Waals surface area contributed by atoms with Crippen molar-refractivity contribution in [3.8, 4) is 22.8 Å². The molecule has 0 atom stereocenters. The average Bonchev–Trinajstić information content (AvgIpc) is 2.81. The smallest absolute Gasteiger partial charge is 0.277 e. The number of aryl methyl sites for hydroxylation is 4. The minimum absolute atomic E-state index is 0.00792. The van der Waals surface area contributed by atoms with E-state index in [1.807, 2.05) is 52.0 Å². The molecular weight excluding hydrogens is 476 g/mol. The number of ether oxygens (including phenoxy) is 1. The van der Waals surface area contributed by atoms with E-state index in [1.54, 1.807) is 42.9 Å². The quantitative estimate of drug-likeness (QED) is 0.379. The summed E-state index contributed by atoms with van der Waals surface area (Å²) in [5, 5.41) is 10.4. The number of nitrogens with zero attached hydrogens (tertiary/aromatic N) is 4. The van der Waals surface area contributed by atoms with Crippen molar-refractivity contribution in [1.29, 1.82) is 0 Å². The Morgan fingerprint density at radius 1 is 1.03 bits per heavy atom. The molecule has 0 saturated carbocycles. The van der Waals surface area contributed by atoms with Gasteiger partial charge in [-0.3, -0.25) is 14.3 Å². The van der Waals surface area contributed by atoms with E-state index < -0.39 is 5.60 Å². The number of aromatic nitrogens is 4. The Morgan fingerprint density at radius 3 is 2.44 bits per heavy atom. The Hall–Kier alpha value is -3.55. The highest BCUT2D eigenvalue weighted by Crippen LogP contribution is 2.28. The number of hydrogen-bond donors (Lipinski definition) is 1. The van der Waals surface area contributed by atoms with Crippen LogP contribution in [0.15, 0.2) is 53.6 Å².